The molecule has 0 aliphatic carbocycles. The Kier molecular flexibility index (Phi) is 5.86. The van der Waals surface area contributed by atoms with Crippen molar-refractivity contribution in [2.24, 2.45) is 0 Å². The van der Waals surface area contributed by atoms with Crippen molar-refractivity contribution in [1.82, 2.24) is 10.2 Å². The fraction of sp³-hybridized carbons (Fsp3) is 0.625. The fourth-order valence-corrected chi connectivity index (χ4v) is 2.97. The van der Waals surface area contributed by atoms with Crippen LogP contribution in [0.3, 0.4) is 0 Å². The van der Waals surface area contributed by atoms with Crippen molar-refractivity contribution in [2.75, 3.05) is 13.1 Å². The molecule has 0 saturated carbocycles. The molecule has 2 nitrogen and oxygen atoms in total. The molecule has 1 heterocycles. The normalized spacial score (nSPS) is 21.6. The smallest absolute Gasteiger partial charge is 0.0208 e. The van der Waals surface area contributed by atoms with E-state index in [-0.39, 0.29) is 0 Å². The molecule has 0 spiro atoms. The summed E-state index contributed by atoms with van der Waals surface area (Å²) in [6, 6.07) is 9.97. The van der Waals surface area contributed by atoms with Crippen LogP contribution >= 0.6 is 15.9 Å². The molecule has 19 heavy (non-hydrogen) atoms. The average Bonchev–Trinajstić information content (AvgIpc) is 2.63. The van der Waals surface area contributed by atoms with E-state index in [0.29, 0.717) is 12.1 Å². The number of rotatable bonds is 4. The second-order valence-electron chi connectivity index (χ2n) is 5.76. The predicted molar refractivity (Wildman–Crippen MR) is 85.3 cm³/mol. The largest absolute Gasteiger partial charge is 0.310 e. The van der Waals surface area contributed by atoms with Crippen LogP contribution in [-0.2, 0) is 6.54 Å². The zero-order valence-corrected chi connectivity index (χ0v) is 13.6. The standard InChI is InChI=1S/C16H25BrN2/c1-13(2)19-10-3-4-16(9-11-19)18-12-14-5-7-15(17)8-6-14/h5-8,13,16,18H,3-4,9-12H2,1-2H3. The molecular formula is C16H25BrN2. The Bertz CT molecular complexity index is 375. The average molecular weight is 325 g/mol. The van der Waals surface area contributed by atoms with Gasteiger partial charge in [-0.05, 0) is 63.9 Å². The Morgan fingerprint density at radius 3 is 2.63 bits per heavy atom. The molecule has 1 atom stereocenters. The van der Waals surface area contributed by atoms with Crippen molar-refractivity contribution in [3.05, 3.63) is 34.3 Å². The van der Waals surface area contributed by atoms with E-state index in [9.17, 15) is 0 Å². The van der Waals surface area contributed by atoms with E-state index in [0.717, 1.165) is 11.0 Å². The zero-order valence-electron chi connectivity index (χ0n) is 12.0. The van der Waals surface area contributed by atoms with Crippen LogP contribution in [-0.4, -0.2) is 30.1 Å². The van der Waals surface area contributed by atoms with Crippen LogP contribution in [0.25, 0.3) is 0 Å². The molecule has 1 N–H and O–H groups in total. The highest BCUT2D eigenvalue weighted by Crippen LogP contribution is 2.15. The predicted octanol–water partition coefficient (Wildman–Crippen LogP) is 3.80. The molecule has 1 saturated heterocycles. The van der Waals surface area contributed by atoms with Crippen molar-refractivity contribution in [3.8, 4) is 0 Å². The van der Waals surface area contributed by atoms with Gasteiger partial charge in [-0.25, -0.2) is 0 Å². The molecule has 2 rings (SSSR count). The summed E-state index contributed by atoms with van der Waals surface area (Å²) in [5, 5.41) is 3.71. The van der Waals surface area contributed by atoms with E-state index in [1.54, 1.807) is 0 Å². The molecule has 1 aliphatic rings. The number of benzene rings is 1. The minimum Gasteiger partial charge on any atom is -0.310 e. The number of nitrogens with one attached hydrogen (secondary N) is 1. The number of halogens is 1. The fourth-order valence-electron chi connectivity index (χ4n) is 2.70. The molecule has 0 amide bonds. The Labute approximate surface area is 125 Å². The van der Waals surface area contributed by atoms with Gasteiger partial charge >= 0.3 is 0 Å². The van der Waals surface area contributed by atoms with E-state index in [2.05, 4.69) is 64.3 Å². The Hall–Kier alpha value is -0.380. The first kappa shape index (κ1) is 15.0. The van der Waals surface area contributed by atoms with Crippen molar-refractivity contribution in [2.45, 2.75) is 51.7 Å². The minimum atomic E-state index is 0.674. The zero-order chi connectivity index (χ0) is 13.7. The van der Waals surface area contributed by atoms with Crippen LogP contribution in [0.1, 0.15) is 38.7 Å². The summed E-state index contributed by atoms with van der Waals surface area (Å²) in [6.07, 6.45) is 3.89. The van der Waals surface area contributed by atoms with E-state index >= 15 is 0 Å². The summed E-state index contributed by atoms with van der Waals surface area (Å²) in [5.74, 6) is 0. The topological polar surface area (TPSA) is 15.3 Å². The molecule has 3 heteroatoms. The van der Waals surface area contributed by atoms with Crippen molar-refractivity contribution >= 4 is 15.9 Å². The number of nitrogens with zero attached hydrogens (tertiary/aromatic N) is 1. The van der Waals surface area contributed by atoms with Crippen molar-refractivity contribution in [1.29, 1.82) is 0 Å². The van der Waals surface area contributed by atoms with Crippen LogP contribution in [0.4, 0.5) is 0 Å². The Balaban J connectivity index is 1.78. The second-order valence-corrected chi connectivity index (χ2v) is 6.68. The molecule has 1 aliphatic heterocycles. The van der Waals surface area contributed by atoms with Crippen LogP contribution in [0.15, 0.2) is 28.7 Å². The van der Waals surface area contributed by atoms with Crippen molar-refractivity contribution < 1.29 is 0 Å². The maximum atomic E-state index is 3.71. The quantitative estimate of drug-likeness (QED) is 0.906. The highest BCUT2D eigenvalue weighted by atomic mass is 79.9. The van der Waals surface area contributed by atoms with Gasteiger partial charge < -0.3 is 10.2 Å². The highest BCUT2D eigenvalue weighted by molar-refractivity contribution is 9.10. The third-order valence-corrected chi connectivity index (χ3v) is 4.53. The van der Waals surface area contributed by atoms with E-state index in [4.69, 9.17) is 0 Å². The first-order valence-corrected chi connectivity index (χ1v) is 8.16. The summed E-state index contributed by atoms with van der Waals surface area (Å²) in [7, 11) is 0. The molecule has 0 bridgehead atoms. The molecule has 1 fully saturated rings. The van der Waals surface area contributed by atoms with Gasteiger partial charge in [0.05, 0.1) is 0 Å². The molecule has 0 aromatic heterocycles. The summed E-state index contributed by atoms with van der Waals surface area (Å²) in [4.78, 5) is 2.60. The van der Waals surface area contributed by atoms with Gasteiger partial charge in [0.2, 0.25) is 0 Å². The van der Waals surface area contributed by atoms with Gasteiger partial charge in [0.15, 0.2) is 0 Å². The minimum absolute atomic E-state index is 0.674. The first-order chi connectivity index (χ1) is 9.15. The summed E-state index contributed by atoms with van der Waals surface area (Å²) < 4.78 is 1.15. The lowest BCUT2D eigenvalue weighted by atomic mass is 10.1. The highest BCUT2D eigenvalue weighted by Gasteiger charge is 2.17. The lowest BCUT2D eigenvalue weighted by Gasteiger charge is -2.24. The summed E-state index contributed by atoms with van der Waals surface area (Å²) in [6.45, 7) is 8.08. The first-order valence-electron chi connectivity index (χ1n) is 7.37. The second kappa shape index (κ2) is 7.41. The lowest BCUT2D eigenvalue weighted by Crippen LogP contribution is -2.33. The van der Waals surface area contributed by atoms with Crippen LogP contribution in [0.5, 0.6) is 0 Å². The molecule has 0 radical (unpaired) electrons. The van der Waals surface area contributed by atoms with Crippen LogP contribution < -0.4 is 5.32 Å². The Morgan fingerprint density at radius 1 is 1.21 bits per heavy atom. The lowest BCUT2D eigenvalue weighted by molar-refractivity contribution is 0.229. The van der Waals surface area contributed by atoms with Gasteiger partial charge in [-0.15, -0.1) is 0 Å². The van der Waals surface area contributed by atoms with Crippen molar-refractivity contribution in [3.63, 3.8) is 0 Å². The van der Waals surface area contributed by atoms with Gasteiger partial charge in [0.25, 0.3) is 0 Å². The monoisotopic (exact) mass is 324 g/mol. The molecular weight excluding hydrogens is 300 g/mol. The maximum absolute atomic E-state index is 3.71. The van der Waals surface area contributed by atoms with Gasteiger partial charge in [0, 0.05) is 23.1 Å². The third-order valence-electron chi connectivity index (χ3n) is 4.00. The Morgan fingerprint density at radius 2 is 1.95 bits per heavy atom. The SMILES string of the molecule is CC(C)N1CCCC(NCc2ccc(Br)cc2)CC1. The van der Waals surface area contributed by atoms with Crippen LogP contribution in [0, 0.1) is 0 Å². The maximum Gasteiger partial charge on any atom is 0.0208 e. The third kappa shape index (κ3) is 4.90. The molecule has 1 aromatic carbocycles. The number of hydrogen-bond acceptors (Lipinski definition) is 2. The van der Waals surface area contributed by atoms with Crippen LogP contribution in [0.2, 0.25) is 0 Å². The van der Waals surface area contributed by atoms with E-state index in [1.807, 2.05) is 0 Å². The number of hydrogen-bond donors (Lipinski definition) is 1. The van der Waals surface area contributed by atoms with Gasteiger partial charge in [-0.3, -0.25) is 0 Å². The van der Waals surface area contributed by atoms with Gasteiger partial charge in [-0.1, -0.05) is 28.1 Å². The summed E-state index contributed by atoms with van der Waals surface area (Å²) >= 11 is 3.48. The van der Waals surface area contributed by atoms with Gasteiger partial charge in [0.1, 0.15) is 0 Å². The van der Waals surface area contributed by atoms with Gasteiger partial charge in [-0.2, -0.15) is 0 Å². The molecule has 1 aromatic rings. The van der Waals surface area contributed by atoms with E-state index in [1.165, 1.54) is 37.9 Å². The molecule has 106 valence electrons. The number of likely N-dealkylation sites (tertiary alicyclic amines) is 1. The molecule has 1 unspecified atom stereocenters. The van der Waals surface area contributed by atoms with E-state index < -0.39 is 0 Å². The summed E-state index contributed by atoms with van der Waals surface area (Å²) in [5.41, 5.74) is 1.37.